The summed E-state index contributed by atoms with van der Waals surface area (Å²) < 4.78 is 18.4. The van der Waals surface area contributed by atoms with Gasteiger partial charge in [0.15, 0.2) is 0 Å². The van der Waals surface area contributed by atoms with E-state index in [9.17, 15) is 4.39 Å². The number of nitrogens with two attached hydrogens (primary N) is 1. The van der Waals surface area contributed by atoms with Crippen molar-refractivity contribution in [2.45, 2.75) is 25.8 Å². The van der Waals surface area contributed by atoms with Crippen molar-refractivity contribution in [1.82, 2.24) is 0 Å². The van der Waals surface area contributed by atoms with Gasteiger partial charge in [-0.1, -0.05) is 12.1 Å². The SMILES string of the molecule is Cc1cc(C(N)CC2CCOC2)ccc1F. The molecular weight excluding hydrogens is 205 g/mol. The van der Waals surface area contributed by atoms with Crippen LogP contribution in [0.15, 0.2) is 18.2 Å². The van der Waals surface area contributed by atoms with Gasteiger partial charge >= 0.3 is 0 Å². The number of aryl methyl sites for hydroxylation is 1. The van der Waals surface area contributed by atoms with Gasteiger partial charge < -0.3 is 10.5 Å². The van der Waals surface area contributed by atoms with Gasteiger partial charge in [0.1, 0.15) is 5.82 Å². The quantitative estimate of drug-likeness (QED) is 0.854. The van der Waals surface area contributed by atoms with E-state index in [1.54, 1.807) is 13.0 Å². The van der Waals surface area contributed by atoms with Crippen LogP contribution < -0.4 is 5.73 Å². The Morgan fingerprint density at radius 2 is 2.38 bits per heavy atom. The van der Waals surface area contributed by atoms with Crippen LogP contribution in [0.2, 0.25) is 0 Å². The summed E-state index contributed by atoms with van der Waals surface area (Å²) in [6.07, 6.45) is 2.01. The van der Waals surface area contributed by atoms with E-state index in [0.29, 0.717) is 11.5 Å². The van der Waals surface area contributed by atoms with Crippen LogP contribution in [0.1, 0.15) is 30.0 Å². The largest absolute Gasteiger partial charge is 0.381 e. The molecule has 0 aromatic heterocycles. The minimum absolute atomic E-state index is 0.00833. The van der Waals surface area contributed by atoms with E-state index in [1.807, 2.05) is 6.07 Å². The fraction of sp³-hybridized carbons (Fsp3) is 0.538. The maximum absolute atomic E-state index is 13.1. The van der Waals surface area contributed by atoms with Crippen LogP contribution in [-0.2, 0) is 4.74 Å². The van der Waals surface area contributed by atoms with Gasteiger partial charge in [-0.3, -0.25) is 0 Å². The Morgan fingerprint density at radius 1 is 1.56 bits per heavy atom. The molecule has 0 radical (unpaired) electrons. The molecule has 0 spiro atoms. The zero-order valence-electron chi connectivity index (χ0n) is 9.58. The molecule has 3 heteroatoms. The predicted octanol–water partition coefficient (Wildman–Crippen LogP) is 2.56. The predicted molar refractivity (Wildman–Crippen MR) is 61.6 cm³/mol. The molecule has 2 N–H and O–H groups in total. The average molecular weight is 223 g/mol. The number of ether oxygens (including phenoxy) is 1. The van der Waals surface area contributed by atoms with Gasteiger partial charge in [-0.2, -0.15) is 0 Å². The Morgan fingerprint density at radius 3 is 3.00 bits per heavy atom. The molecule has 2 nitrogen and oxygen atoms in total. The summed E-state index contributed by atoms with van der Waals surface area (Å²) in [5.41, 5.74) is 7.80. The van der Waals surface area contributed by atoms with Crippen molar-refractivity contribution in [3.05, 3.63) is 35.1 Å². The topological polar surface area (TPSA) is 35.2 Å². The number of benzene rings is 1. The molecule has 2 rings (SSSR count). The van der Waals surface area contributed by atoms with Crippen LogP contribution in [0.4, 0.5) is 4.39 Å². The molecule has 16 heavy (non-hydrogen) atoms. The van der Waals surface area contributed by atoms with Crippen molar-refractivity contribution < 1.29 is 9.13 Å². The fourth-order valence-corrected chi connectivity index (χ4v) is 2.16. The lowest BCUT2D eigenvalue weighted by Crippen LogP contribution is -2.16. The van der Waals surface area contributed by atoms with Crippen LogP contribution in [-0.4, -0.2) is 13.2 Å². The minimum atomic E-state index is -0.167. The van der Waals surface area contributed by atoms with Crippen LogP contribution in [0.25, 0.3) is 0 Å². The third-order valence-electron chi connectivity index (χ3n) is 3.22. The van der Waals surface area contributed by atoms with Gasteiger partial charge in [-0.25, -0.2) is 4.39 Å². The first-order chi connectivity index (χ1) is 7.66. The molecule has 0 bridgehead atoms. The van der Waals surface area contributed by atoms with Crippen molar-refractivity contribution in [3.8, 4) is 0 Å². The third-order valence-corrected chi connectivity index (χ3v) is 3.22. The van der Waals surface area contributed by atoms with Crippen LogP contribution >= 0.6 is 0 Å². The second-order valence-corrected chi connectivity index (χ2v) is 4.58. The maximum Gasteiger partial charge on any atom is 0.126 e. The molecule has 1 aromatic carbocycles. The second kappa shape index (κ2) is 4.93. The molecule has 88 valence electrons. The first-order valence-electron chi connectivity index (χ1n) is 5.76. The summed E-state index contributed by atoms with van der Waals surface area (Å²) in [5.74, 6) is 0.389. The Bertz CT molecular complexity index is 361. The molecule has 0 saturated carbocycles. The summed E-state index contributed by atoms with van der Waals surface area (Å²) >= 11 is 0. The van der Waals surface area contributed by atoms with Crippen molar-refractivity contribution >= 4 is 0 Å². The van der Waals surface area contributed by atoms with E-state index in [2.05, 4.69) is 0 Å². The Balaban J connectivity index is 2.02. The maximum atomic E-state index is 13.1. The van der Waals surface area contributed by atoms with Gasteiger partial charge in [0.2, 0.25) is 0 Å². The summed E-state index contributed by atoms with van der Waals surface area (Å²) in [6, 6.07) is 5.11. The highest BCUT2D eigenvalue weighted by Crippen LogP contribution is 2.25. The van der Waals surface area contributed by atoms with E-state index in [1.165, 1.54) is 6.07 Å². The number of hydrogen-bond donors (Lipinski definition) is 1. The fourth-order valence-electron chi connectivity index (χ4n) is 2.16. The highest BCUT2D eigenvalue weighted by atomic mass is 19.1. The van der Waals surface area contributed by atoms with Crippen molar-refractivity contribution in [2.75, 3.05) is 13.2 Å². The van der Waals surface area contributed by atoms with Gasteiger partial charge in [-0.15, -0.1) is 0 Å². The molecule has 0 aliphatic carbocycles. The smallest absolute Gasteiger partial charge is 0.126 e. The molecule has 1 aliphatic rings. The second-order valence-electron chi connectivity index (χ2n) is 4.58. The summed E-state index contributed by atoms with van der Waals surface area (Å²) in [4.78, 5) is 0. The molecule has 1 aromatic rings. The van der Waals surface area contributed by atoms with Gasteiger partial charge in [0.25, 0.3) is 0 Å². The molecular formula is C13H18FNO. The molecule has 1 saturated heterocycles. The zero-order valence-corrected chi connectivity index (χ0v) is 9.58. The molecule has 0 amide bonds. The Labute approximate surface area is 95.6 Å². The normalized spacial score (nSPS) is 22.3. The molecule has 2 unspecified atom stereocenters. The highest BCUT2D eigenvalue weighted by molar-refractivity contribution is 5.26. The van der Waals surface area contributed by atoms with Gasteiger partial charge in [0, 0.05) is 19.3 Å². The highest BCUT2D eigenvalue weighted by Gasteiger charge is 2.19. The van der Waals surface area contributed by atoms with E-state index >= 15 is 0 Å². The first kappa shape index (κ1) is 11.6. The first-order valence-corrected chi connectivity index (χ1v) is 5.76. The zero-order chi connectivity index (χ0) is 11.5. The van der Waals surface area contributed by atoms with Crippen molar-refractivity contribution in [2.24, 2.45) is 11.7 Å². The van der Waals surface area contributed by atoms with Crippen LogP contribution in [0.5, 0.6) is 0 Å². The molecule has 1 heterocycles. The number of rotatable bonds is 3. The monoisotopic (exact) mass is 223 g/mol. The van der Waals surface area contributed by atoms with E-state index < -0.39 is 0 Å². The van der Waals surface area contributed by atoms with Crippen LogP contribution in [0, 0.1) is 18.7 Å². The molecule has 1 aliphatic heterocycles. The number of halogens is 1. The van der Waals surface area contributed by atoms with E-state index in [-0.39, 0.29) is 11.9 Å². The minimum Gasteiger partial charge on any atom is -0.381 e. The summed E-state index contributed by atoms with van der Waals surface area (Å²) in [6.45, 7) is 3.43. The van der Waals surface area contributed by atoms with Crippen molar-refractivity contribution in [1.29, 1.82) is 0 Å². The lowest BCUT2D eigenvalue weighted by molar-refractivity contribution is 0.182. The van der Waals surface area contributed by atoms with Gasteiger partial charge in [-0.05, 0) is 42.9 Å². The lowest BCUT2D eigenvalue weighted by atomic mass is 9.94. The average Bonchev–Trinajstić information content (AvgIpc) is 2.74. The van der Waals surface area contributed by atoms with E-state index in [4.69, 9.17) is 10.5 Å². The number of hydrogen-bond acceptors (Lipinski definition) is 2. The molecule has 2 atom stereocenters. The Kier molecular flexibility index (Phi) is 3.56. The van der Waals surface area contributed by atoms with E-state index in [0.717, 1.165) is 31.6 Å². The standard InChI is InChI=1S/C13H18FNO/c1-9-6-11(2-3-12(9)14)13(15)7-10-4-5-16-8-10/h2-3,6,10,13H,4-5,7-8,15H2,1H3. The third kappa shape index (κ3) is 2.60. The summed E-state index contributed by atoms with van der Waals surface area (Å²) in [5, 5.41) is 0. The lowest BCUT2D eigenvalue weighted by Gasteiger charge is -2.16. The van der Waals surface area contributed by atoms with Crippen LogP contribution in [0.3, 0.4) is 0 Å². The van der Waals surface area contributed by atoms with Crippen molar-refractivity contribution in [3.63, 3.8) is 0 Å². The Hall–Kier alpha value is -0.930. The summed E-state index contributed by atoms with van der Waals surface area (Å²) in [7, 11) is 0. The molecule has 1 fully saturated rings. The van der Waals surface area contributed by atoms with Gasteiger partial charge in [0.05, 0.1) is 0 Å².